The molecule has 0 aliphatic heterocycles. The predicted octanol–water partition coefficient (Wildman–Crippen LogP) is 4.07. The van der Waals surface area contributed by atoms with Gasteiger partial charge in [-0.3, -0.25) is 0 Å². The maximum absolute atomic E-state index is 6.16. The second-order valence-corrected chi connectivity index (χ2v) is 5.57. The maximum atomic E-state index is 6.16. The van der Waals surface area contributed by atoms with Crippen molar-refractivity contribution < 1.29 is 9.47 Å². The van der Waals surface area contributed by atoms with Crippen molar-refractivity contribution >= 4 is 5.82 Å². The summed E-state index contributed by atoms with van der Waals surface area (Å²) in [4.78, 5) is 0. The summed E-state index contributed by atoms with van der Waals surface area (Å²) in [5, 5.41) is 4.37. The van der Waals surface area contributed by atoms with Crippen LogP contribution >= 0.6 is 0 Å². The Morgan fingerprint density at radius 2 is 1.60 bits per heavy atom. The molecule has 0 bridgehead atoms. The molecule has 132 valence electrons. The highest BCUT2D eigenvalue weighted by atomic mass is 16.5. The molecular formula is C20H25N3O2. The molecule has 5 heteroatoms. The van der Waals surface area contributed by atoms with Crippen LogP contribution in [-0.4, -0.2) is 23.0 Å². The van der Waals surface area contributed by atoms with Crippen LogP contribution in [0.5, 0.6) is 11.6 Å². The van der Waals surface area contributed by atoms with E-state index in [0.29, 0.717) is 24.9 Å². The van der Waals surface area contributed by atoms with Crippen molar-refractivity contribution in [2.75, 3.05) is 18.9 Å². The van der Waals surface area contributed by atoms with E-state index in [1.807, 2.05) is 54.6 Å². The van der Waals surface area contributed by atoms with Gasteiger partial charge in [0.1, 0.15) is 24.8 Å². The van der Waals surface area contributed by atoms with Gasteiger partial charge >= 0.3 is 0 Å². The Morgan fingerprint density at radius 1 is 0.960 bits per heavy atom. The Morgan fingerprint density at radius 3 is 2.28 bits per heavy atom. The van der Waals surface area contributed by atoms with Gasteiger partial charge in [0.05, 0.1) is 5.56 Å². The number of anilines is 1. The summed E-state index contributed by atoms with van der Waals surface area (Å²) in [7, 11) is 1.81. The first kappa shape index (κ1) is 18.4. The highest BCUT2D eigenvalue weighted by molar-refractivity contribution is 5.79. The molecular weight excluding hydrogens is 314 g/mol. The smallest absolute Gasteiger partial charge is 0.243 e. The zero-order valence-electron chi connectivity index (χ0n) is 13.9. The number of aromatic nitrogens is 2. The summed E-state index contributed by atoms with van der Waals surface area (Å²) in [5.41, 5.74) is 9.16. The Labute approximate surface area is 149 Å². The average Bonchev–Trinajstić information content (AvgIpc) is 2.88. The summed E-state index contributed by atoms with van der Waals surface area (Å²) in [5.74, 6) is 1.92. The van der Waals surface area contributed by atoms with E-state index in [0.717, 1.165) is 16.9 Å². The molecule has 5 nitrogen and oxygen atoms in total. The highest BCUT2D eigenvalue weighted by Gasteiger charge is 2.17. The van der Waals surface area contributed by atoms with Crippen molar-refractivity contribution in [2.45, 2.75) is 14.4 Å². The van der Waals surface area contributed by atoms with Crippen LogP contribution in [0.1, 0.15) is 13.0 Å². The molecule has 3 rings (SSSR count). The third-order valence-corrected chi connectivity index (χ3v) is 3.73. The first-order valence-corrected chi connectivity index (χ1v) is 7.85. The van der Waals surface area contributed by atoms with E-state index in [1.54, 1.807) is 11.7 Å². The first-order chi connectivity index (χ1) is 11.6. The van der Waals surface area contributed by atoms with Crippen molar-refractivity contribution in [2.24, 2.45) is 7.05 Å². The van der Waals surface area contributed by atoms with Gasteiger partial charge in [-0.25, -0.2) is 4.68 Å². The lowest BCUT2D eigenvalue weighted by atomic mass is 10.1. The topological polar surface area (TPSA) is 62.3 Å². The highest BCUT2D eigenvalue weighted by Crippen LogP contribution is 2.34. The van der Waals surface area contributed by atoms with Crippen LogP contribution in [0.4, 0.5) is 5.82 Å². The maximum Gasteiger partial charge on any atom is 0.243 e. The van der Waals surface area contributed by atoms with E-state index < -0.39 is 0 Å². The molecule has 1 heterocycles. The van der Waals surface area contributed by atoms with Crippen molar-refractivity contribution in [1.82, 2.24) is 9.78 Å². The number of ether oxygens (including phenoxy) is 2. The van der Waals surface area contributed by atoms with Crippen LogP contribution in [0.25, 0.3) is 11.1 Å². The van der Waals surface area contributed by atoms with Crippen LogP contribution in [0.2, 0.25) is 0 Å². The van der Waals surface area contributed by atoms with Gasteiger partial charge in [-0.2, -0.15) is 0 Å². The first-order valence-electron chi connectivity index (χ1n) is 7.85. The molecule has 2 N–H and O–H groups in total. The Kier molecular flexibility index (Phi) is 6.06. The number of nitrogens with two attached hydrogens (primary N) is 1. The van der Waals surface area contributed by atoms with E-state index in [-0.39, 0.29) is 7.43 Å². The lowest BCUT2D eigenvalue weighted by Gasteiger charge is -2.08. The van der Waals surface area contributed by atoms with Gasteiger partial charge in [0.15, 0.2) is 0 Å². The summed E-state index contributed by atoms with van der Waals surface area (Å²) < 4.78 is 13.1. The summed E-state index contributed by atoms with van der Waals surface area (Å²) in [6.45, 7) is 2.88. The molecule has 3 aromatic rings. The minimum atomic E-state index is 0. The SMILES string of the molecule is C.Cc1ccc(-c2c(OCCOc3ccccc3)nn(C)c2N)cc1. The fourth-order valence-electron chi connectivity index (χ4n) is 2.42. The van der Waals surface area contributed by atoms with E-state index in [1.165, 1.54) is 5.56 Å². The average molecular weight is 339 g/mol. The number of hydrogen-bond acceptors (Lipinski definition) is 4. The molecule has 0 amide bonds. The van der Waals surface area contributed by atoms with Crippen LogP contribution in [-0.2, 0) is 7.05 Å². The molecule has 0 saturated heterocycles. The van der Waals surface area contributed by atoms with Crippen molar-refractivity contribution in [3.8, 4) is 22.8 Å². The second kappa shape index (κ2) is 8.24. The van der Waals surface area contributed by atoms with Gasteiger partial charge in [0.2, 0.25) is 5.88 Å². The molecule has 25 heavy (non-hydrogen) atoms. The predicted molar refractivity (Wildman–Crippen MR) is 102 cm³/mol. The number of nitrogens with zero attached hydrogens (tertiary/aromatic N) is 2. The van der Waals surface area contributed by atoms with Gasteiger partial charge in [-0.15, -0.1) is 5.10 Å². The van der Waals surface area contributed by atoms with Crippen molar-refractivity contribution in [3.63, 3.8) is 0 Å². The van der Waals surface area contributed by atoms with Crippen molar-refractivity contribution in [3.05, 3.63) is 60.2 Å². The van der Waals surface area contributed by atoms with E-state index in [9.17, 15) is 0 Å². The summed E-state index contributed by atoms with van der Waals surface area (Å²) in [6.07, 6.45) is 0. The number of nitrogen functional groups attached to an aromatic ring is 1. The standard InChI is InChI=1S/C19H21N3O2.CH4/c1-14-8-10-15(11-9-14)17-18(20)22(2)21-19(17)24-13-12-23-16-6-4-3-5-7-16;/h3-11H,12-13,20H2,1-2H3;1H4. The van der Waals surface area contributed by atoms with Crippen LogP contribution in [0.3, 0.4) is 0 Å². The van der Waals surface area contributed by atoms with E-state index >= 15 is 0 Å². The van der Waals surface area contributed by atoms with Gasteiger partial charge < -0.3 is 15.2 Å². The third kappa shape index (κ3) is 4.32. The lowest BCUT2D eigenvalue weighted by Crippen LogP contribution is -2.09. The zero-order chi connectivity index (χ0) is 16.9. The molecule has 0 atom stereocenters. The summed E-state index contributed by atoms with van der Waals surface area (Å²) in [6, 6.07) is 17.8. The number of para-hydroxylation sites is 1. The Balaban J connectivity index is 0.00000225. The van der Waals surface area contributed by atoms with Crippen LogP contribution < -0.4 is 15.2 Å². The van der Waals surface area contributed by atoms with Crippen molar-refractivity contribution in [1.29, 1.82) is 0 Å². The number of benzene rings is 2. The second-order valence-electron chi connectivity index (χ2n) is 5.57. The van der Waals surface area contributed by atoms with Crippen LogP contribution in [0.15, 0.2) is 54.6 Å². The van der Waals surface area contributed by atoms with Gasteiger partial charge in [0, 0.05) is 7.05 Å². The minimum Gasteiger partial charge on any atom is -0.490 e. The fourth-order valence-corrected chi connectivity index (χ4v) is 2.42. The molecule has 0 saturated carbocycles. The molecule has 0 radical (unpaired) electrons. The molecule has 2 aromatic carbocycles. The largest absolute Gasteiger partial charge is 0.490 e. The van der Waals surface area contributed by atoms with Gasteiger partial charge in [0.25, 0.3) is 0 Å². The Hall–Kier alpha value is -2.95. The van der Waals surface area contributed by atoms with E-state index in [4.69, 9.17) is 15.2 Å². The van der Waals surface area contributed by atoms with Gasteiger partial charge in [-0.05, 0) is 24.6 Å². The Bertz CT molecular complexity index is 796. The summed E-state index contributed by atoms with van der Waals surface area (Å²) >= 11 is 0. The molecule has 0 aliphatic carbocycles. The number of aryl methyl sites for hydroxylation is 2. The third-order valence-electron chi connectivity index (χ3n) is 3.73. The fraction of sp³-hybridized carbons (Fsp3) is 0.250. The number of rotatable bonds is 6. The lowest BCUT2D eigenvalue weighted by molar-refractivity contribution is 0.211. The minimum absolute atomic E-state index is 0. The zero-order valence-corrected chi connectivity index (χ0v) is 13.9. The molecule has 1 aromatic heterocycles. The molecule has 0 unspecified atom stereocenters. The van der Waals surface area contributed by atoms with Gasteiger partial charge in [-0.1, -0.05) is 55.5 Å². The van der Waals surface area contributed by atoms with E-state index in [2.05, 4.69) is 12.0 Å². The monoisotopic (exact) mass is 339 g/mol. The normalized spacial score (nSPS) is 10.2. The molecule has 0 fully saturated rings. The number of hydrogen-bond donors (Lipinski definition) is 1. The quantitative estimate of drug-likeness (QED) is 0.688. The van der Waals surface area contributed by atoms with Crippen LogP contribution in [0, 0.1) is 6.92 Å². The molecule has 0 aliphatic rings. The molecule has 0 spiro atoms.